The minimum atomic E-state index is -4.05. The van der Waals surface area contributed by atoms with Crippen LogP contribution in [0.4, 0.5) is 0 Å². The van der Waals surface area contributed by atoms with Crippen LogP contribution in [-0.2, 0) is 57.0 Å². The number of ether oxygens (including phenoxy) is 10. The standard InChI is InChI=1S/C47H34O32/c48-13-1-9(2-14(49)24(13)55)36(61)77-40-33-32-30(19(72-40)8-70-37(62)10-3-15(50)25(56)28(59)21(10)22-11(38(63)73-32)4-16(51)26(57)29(22)60)75-41(65)43-6-20(54)45(67,79-44(43)42(66)76-35-18(53)7-71-47(35,44)69)46(68)34(43)23-12(39(64)74-33)5-17(52)27(58)31(23)78-46/h1-5,18-19,30,32-35,40,48-53,55-60,67-69H,6-8H2/t18-,19+,30+,32-,33+,34+,35+,40-,43-,44+,45+,46+,47-/m0/s1. The summed E-state index contributed by atoms with van der Waals surface area (Å²) in [4.78, 5) is 104. The molecule has 8 heterocycles. The highest BCUT2D eigenvalue weighted by Gasteiger charge is 2.97. The molecule has 15 N–H and O–H groups in total. The van der Waals surface area contributed by atoms with Crippen LogP contribution in [0.25, 0.3) is 11.1 Å². The van der Waals surface area contributed by atoms with Gasteiger partial charge in [-0.15, -0.1) is 0 Å². The molecule has 79 heavy (non-hydrogen) atoms. The summed E-state index contributed by atoms with van der Waals surface area (Å²) >= 11 is 0. The molecule has 414 valence electrons. The van der Waals surface area contributed by atoms with Crippen LogP contribution >= 0.6 is 0 Å². The molecule has 4 aromatic carbocycles. The zero-order valence-electron chi connectivity index (χ0n) is 38.8. The first-order chi connectivity index (χ1) is 37.1. The van der Waals surface area contributed by atoms with Crippen LogP contribution in [0.5, 0.6) is 69.0 Å². The molecule has 0 radical (unpaired) electrons. The number of cyclic esters (lactones) is 1. The Bertz CT molecular complexity index is 3530. The van der Waals surface area contributed by atoms with Gasteiger partial charge >= 0.3 is 35.8 Å². The van der Waals surface area contributed by atoms with Crippen LogP contribution in [0.15, 0.2) is 30.3 Å². The quantitative estimate of drug-likeness (QED) is 0.0545. The predicted molar refractivity (Wildman–Crippen MR) is 232 cm³/mol. The maximum atomic E-state index is 16.2. The number of hydrogen-bond acceptors (Lipinski definition) is 32. The zero-order chi connectivity index (χ0) is 56.9. The maximum absolute atomic E-state index is 16.2. The molecular weight excluding hydrogens is 1080 g/mol. The molecular formula is C47H34O32. The van der Waals surface area contributed by atoms with Crippen LogP contribution in [0.1, 0.15) is 59.3 Å². The average molecular weight is 1110 g/mol. The molecule has 13 rings (SSSR count). The molecule has 0 unspecified atom stereocenters. The molecule has 2 spiro atoms. The highest BCUT2D eigenvalue weighted by molar-refractivity contribution is 6.09. The third-order valence-electron chi connectivity index (χ3n) is 15.2. The first kappa shape index (κ1) is 50.5. The highest BCUT2D eigenvalue weighted by Crippen LogP contribution is 2.76. The van der Waals surface area contributed by atoms with E-state index in [1.165, 1.54) is 0 Å². The number of hydrogen-bond donors (Lipinski definition) is 15. The smallest absolute Gasteiger partial charge is 0.346 e. The fraction of sp³-hybridized carbons (Fsp3) is 0.340. The molecule has 6 bridgehead atoms. The number of esters is 6. The highest BCUT2D eigenvalue weighted by atomic mass is 16.8. The van der Waals surface area contributed by atoms with E-state index in [1.807, 2.05) is 0 Å². The molecule has 6 fully saturated rings. The fourth-order valence-electron chi connectivity index (χ4n) is 11.7. The van der Waals surface area contributed by atoms with Gasteiger partial charge < -0.3 is 124 Å². The van der Waals surface area contributed by atoms with Gasteiger partial charge in [0.05, 0.1) is 34.8 Å². The van der Waals surface area contributed by atoms with Crippen molar-refractivity contribution in [2.24, 2.45) is 5.41 Å². The molecule has 1 aliphatic carbocycles. The van der Waals surface area contributed by atoms with Crippen molar-refractivity contribution in [2.45, 2.75) is 78.2 Å². The van der Waals surface area contributed by atoms with Gasteiger partial charge in [-0.2, -0.15) is 0 Å². The van der Waals surface area contributed by atoms with E-state index in [1.54, 1.807) is 0 Å². The van der Waals surface area contributed by atoms with Gasteiger partial charge in [-0.25, -0.2) is 24.0 Å². The molecule has 1 saturated carbocycles. The van der Waals surface area contributed by atoms with Gasteiger partial charge in [-0.3, -0.25) is 9.59 Å². The van der Waals surface area contributed by atoms with Crippen molar-refractivity contribution in [1.82, 2.24) is 0 Å². The summed E-state index contributed by atoms with van der Waals surface area (Å²) in [5.41, 5.74) is -15.4. The molecule has 4 aromatic rings. The van der Waals surface area contributed by atoms with Crippen LogP contribution in [0.3, 0.4) is 0 Å². The summed E-state index contributed by atoms with van der Waals surface area (Å²) in [6.07, 6.45) is -19.5. The summed E-state index contributed by atoms with van der Waals surface area (Å²) in [5.74, 6) is -43.9. The largest absolute Gasteiger partial charge is 0.504 e. The summed E-state index contributed by atoms with van der Waals surface area (Å²) in [6.45, 7) is -2.44. The van der Waals surface area contributed by atoms with Crippen LogP contribution in [-0.4, -0.2) is 197 Å². The van der Waals surface area contributed by atoms with Crippen LogP contribution in [0, 0.1) is 5.41 Å². The van der Waals surface area contributed by atoms with Crippen molar-refractivity contribution in [3.63, 3.8) is 0 Å². The summed E-state index contributed by atoms with van der Waals surface area (Å²) in [6, 6.07) is 2.11. The van der Waals surface area contributed by atoms with E-state index >= 15 is 14.4 Å². The number of aliphatic hydroxyl groups is 4. The third-order valence-corrected chi connectivity index (χ3v) is 15.2. The van der Waals surface area contributed by atoms with Gasteiger partial charge in [-0.05, 0) is 30.3 Å². The van der Waals surface area contributed by atoms with Crippen molar-refractivity contribution < 1.29 is 158 Å². The van der Waals surface area contributed by atoms with E-state index in [-0.39, 0.29) is 0 Å². The number of aliphatic hydroxyl groups excluding tert-OH is 1. The van der Waals surface area contributed by atoms with Crippen molar-refractivity contribution >= 4 is 41.6 Å². The first-order valence-electron chi connectivity index (χ1n) is 22.8. The number of carbonyl (C=O) groups excluding carboxylic acids is 7. The average Bonchev–Trinajstić information content (AvgIpc) is 1.67. The number of carbonyl (C=O) groups is 7. The molecule has 0 amide bonds. The number of aromatic hydroxyl groups is 11. The number of ketones is 1. The molecule has 32 nitrogen and oxygen atoms in total. The fourth-order valence-corrected chi connectivity index (χ4v) is 11.7. The van der Waals surface area contributed by atoms with Crippen LogP contribution < -0.4 is 4.74 Å². The number of phenols is 11. The Kier molecular flexibility index (Phi) is 10.2. The second kappa shape index (κ2) is 15.9. The Morgan fingerprint density at radius 3 is 1.77 bits per heavy atom. The number of phenolic OH excluding ortho intramolecular Hbond substituents is 11. The SMILES string of the molecule is O=C(O[C@@H]1O[C@@H]2COC(=O)c3cc(O)c(O)c(O)c3-c3c(cc(O)c(O)c3O)C(=O)O[C@@H]3[C@H]1OC(=O)c1cc(O)c(O)c4c1[C@H]1[C@@](O)(O4)[C@]4(O)O[C@]5(C(=O)O[C@@H]6[C@@H](O)CO[C@@]65O)[C@]1(CC4=O)C(=O)O[C@@H]32)c1cc(O)c(O)c(O)c1. The lowest BCUT2D eigenvalue weighted by atomic mass is 9.47. The second-order valence-corrected chi connectivity index (χ2v) is 19.2. The minimum Gasteiger partial charge on any atom is -0.504 e. The molecule has 5 saturated heterocycles. The Morgan fingerprint density at radius 2 is 1.14 bits per heavy atom. The van der Waals surface area contributed by atoms with Gasteiger partial charge in [0.1, 0.15) is 24.2 Å². The monoisotopic (exact) mass is 1110 g/mol. The predicted octanol–water partition coefficient (Wildman–Crippen LogP) is -2.87. The third kappa shape index (κ3) is 6.05. The van der Waals surface area contributed by atoms with Gasteiger partial charge in [0.15, 0.2) is 75.8 Å². The Balaban J connectivity index is 1.13. The first-order valence-corrected chi connectivity index (χ1v) is 22.8. The maximum Gasteiger partial charge on any atom is 0.346 e. The van der Waals surface area contributed by atoms with E-state index in [4.69, 9.17) is 47.4 Å². The number of fused-ring (bicyclic) bond motifs is 5. The van der Waals surface area contributed by atoms with Gasteiger partial charge in [0.2, 0.25) is 41.0 Å². The minimum absolute atomic E-state index is 0.311. The van der Waals surface area contributed by atoms with E-state index in [0.717, 1.165) is 0 Å². The van der Waals surface area contributed by atoms with Crippen molar-refractivity contribution in [3.8, 4) is 80.1 Å². The normalized spacial score (nSPS) is 34.6. The van der Waals surface area contributed by atoms with Gasteiger partial charge in [0.25, 0.3) is 11.6 Å². The van der Waals surface area contributed by atoms with E-state index in [2.05, 4.69) is 0 Å². The lowest BCUT2D eigenvalue weighted by molar-refractivity contribution is -0.459. The number of benzene rings is 4. The number of Topliss-reactive ketones (excluding diaryl/α,β-unsaturated/α-hetero) is 1. The Hall–Kier alpha value is -9.31. The van der Waals surface area contributed by atoms with Crippen molar-refractivity contribution in [2.75, 3.05) is 13.2 Å². The summed E-state index contributed by atoms with van der Waals surface area (Å²) in [7, 11) is 0. The van der Waals surface area contributed by atoms with Crippen LogP contribution in [0.2, 0.25) is 0 Å². The summed E-state index contributed by atoms with van der Waals surface area (Å²) < 4.78 is 57.0. The topological polar surface area (TPSA) is 515 Å². The lowest BCUT2D eigenvalue weighted by Crippen LogP contribution is -2.88. The Labute approximate surface area is 433 Å². The summed E-state index contributed by atoms with van der Waals surface area (Å²) in [5, 5.41) is 167. The molecule has 13 atom stereocenters. The van der Waals surface area contributed by atoms with Gasteiger partial charge in [0, 0.05) is 23.1 Å². The van der Waals surface area contributed by atoms with Gasteiger partial charge in [-0.1, -0.05) is 0 Å². The molecule has 8 aliphatic heterocycles. The Morgan fingerprint density at radius 1 is 0.582 bits per heavy atom. The molecule has 9 aliphatic rings. The number of rotatable bonds is 2. The zero-order valence-corrected chi connectivity index (χ0v) is 38.8. The second-order valence-electron chi connectivity index (χ2n) is 19.2. The lowest BCUT2D eigenvalue weighted by Gasteiger charge is -2.64. The molecule has 32 heteroatoms. The van der Waals surface area contributed by atoms with Crippen molar-refractivity contribution in [3.05, 3.63) is 58.1 Å². The van der Waals surface area contributed by atoms with Crippen molar-refractivity contribution in [1.29, 1.82) is 0 Å². The van der Waals surface area contributed by atoms with E-state index in [9.17, 15) is 95.8 Å². The van der Waals surface area contributed by atoms with E-state index < -0.39 is 246 Å². The molecule has 0 aromatic heterocycles. The van der Waals surface area contributed by atoms with E-state index in [0.29, 0.717) is 30.3 Å².